The molecular weight excluding hydrogens is 234 g/mol. The summed E-state index contributed by atoms with van der Waals surface area (Å²) >= 11 is 0. The second-order valence-electron chi connectivity index (χ2n) is 4.96. The first-order valence-electron chi connectivity index (χ1n) is 6.71. The zero-order valence-electron chi connectivity index (χ0n) is 11.8. The van der Waals surface area contributed by atoms with E-state index < -0.39 is 0 Å². The lowest BCUT2D eigenvalue weighted by molar-refractivity contribution is 0.474. The molecule has 0 spiro atoms. The Morgan fingerprint density at radius 2 is 1.68 bits per heavy atom. The van der Waals surface area contributed by atoms with Crippen molar-refractivity contribution < 1.29 is 4.74 Å². The van der Waals surface area contributed by atoms with Gasteiger partial charge in [0.25, 0.3) is 0 Å². The van der Waals surface area contributed by atoms with E-state index in [0.717, 1.165) is 23.6 Å². The van der Waals surface area contributed by atoms with E-state index in [2.05, 4.69) is 37.4 Å². The number of nitrogens with one attached hydrogen (secondary N) is 1. The summed E-state index contributed by atoms with van der Waals surface area (Å²) in [6.07, 6.45) is 0. The van der Waals surface area contributed by atoms with Crippen LogP contribution >= 0.6 is 0 Å². The summed E-state index contributed by atoms with van der Waals surface area (Å²) in [7, 11) is 1.94. The van der Waals surface area contributed by atoms with Crippen molar-refractivity contribution in [2.75, 3.05) is 7.05 Å². The van der Waals surface area contributed by atoms with Gasteiger partial charge >= 0.3 is 0 Å². The quantitative estimate of drug-likeness (QED) is 0.859. The monoisotopic (exact) mass is 255 g/mol. The zero-order valence-corrected chi connectivity index (χ0v) is 11.8. The Kier molecular flexibility index (Phi) is 4.58. The van der Waals surface area contributed by atoms with Crippen LogP contribution in [0.15, 0.2) is 48.5 Å². The Morgan fingerprint density at radius 3 is 2.32 bits per heavy atom. The minimum Gasteiger partial charge on any atom is -0.457 e. The fourth-order valence-corrected chi connectivity index (χ4v) is 1.99. The third kappa shape index (κ3) is 3.58. The van der Waals surface area contributed by atoms with Gasteiger partial charge in [-0.1, -0.05) is 44.2 Å². The molecule has 0 aliphatic carbocycles. The molecule has 0 aromatic heterocycles. The van der Waals surface area contributed by atoms with Gasteiger partial charge in [-0.25, -0.2) is 0 Å². The summed E-state index contributed by atoms with van der Waals surface area (Å²) in [5.41, 5.74) is 2.49. The van der Waals surface area contributed by atoms with Crippen molar-refractivity contribution in [2.45, 2.75) is 26.3 Å². The molecule has 100 valence electrons. The SMILES string of the molecule is CNCc1ccccc1Oc1ccc(C(C)C)cc1. The van der Waals surface area contributed by atoms with Crippen molar-refractivity contribution in [3.05, 3.63) is 59.7 Å². The van der Waals surface area contributed by atoms with Crippen LogP contribution in [0.1, 0.15) is 30.9 Å². The summed E-state index contributed by atoms with van der Waals surface area (Å²) in [5, 5.41) is 3.15. The lowest BCUT2D eigenvalue weighted by Crippen LogP contribution is -2.06. The molecule has 0 saturated heterocycles. The van der Waals surface area contributed by atoms with Gasteiger partial charge < -0.3 is 10.1 Å². The van der Waals surface area contributed by atoms with E-state index in [-0.39, 0.29) is 0 Å². The number of hydrogen-bond donors (Lipinski definition) is 1. The van der Waals surface area contributed by atoms with Crippen LogP contribution in [0.4, 0.5) is 0 Å². The number of ether oxygens (including phenoxy) is 1. The molecule has 0 heterocycles. The summed E-state index contributed by atoms with van der Waals surface area (Å²) in [6, 6.07) is 16.4. The molecule has 0 fully saturated rings. The molecule has 0 bridgehead atoms. The van der Waals surface area contributed by atoms with Gasteiger partial charge in [-0.15, -0.1) is 0 Å². The average Bonchev–Trinajstić information content (AvgIpc) is 2.42. The molecular formula is C17H21NO. The van der Waals surface area contributed by atoms with Crippen LogP contribution in [0, 0.1) is 0 Å². The molecule has 2 nitrogen and oxygen atoms in total. The Labute approximate surface area is 115 Å². The molecule has 0 atom stereocenters. The summed E-state index contributed by atoms with van der Waals surface area (Å²) in [5.74, 6) is 2.34. The fourth-order valence-electron chi connectivity index (χ4n) is 1.99. The molecule has 2 heteroatoms. The summed E-state index contributed by atoms with van der Waals surface area (Å²) < 4.78 is 5.96. The van der Waals surface area contributed by atoms with E-state index in [1.165, 1.54) is 5.56 Å². The van der Waals surface area contributed by atoms with E-state index in [1.807, 2.05) is 37.4 Å². The van der Waals surface area contributed by atoms with Crippen molar-refractivity contribution in [1.82, 2.24) is 5.32 Å². The maximum absolute atomic E-state index is 5.96. The molecule has 0 radical (unpaired) electrons. The first-order chi connectivity index (χ1) is 9.20. The van der Waals surface area contributed by atoms with Crippen LogP contribution in [-0.4, -0.2) is 7.05 Å². The van der Waals surface area contributed by atoms with Crippen LogP contribution in [0.5, 0.6) is 11.5 Å². The first kappa shape index (κ1) is 13.6. The normalized spacial score (nSPS) is 10.7. The number of rotatable bonds is 5. The molecule has 0 unspecified atom stereocenters. The number of benzene rings is 2. The predicted molar refractivity (Wildman–Crippen MR) is 79.8 cm³/mol. The van der Waals surface area contributed by atoms with Gasteiger partial charge in [0.2, 0.25) is 0 Å². The molecule has 2 aromatic carbocycles. The van der Waals surface area contributed by atoms with Crippen LogP contribution in [0.3, 0.4) is 0 Å². The van der Waals surface area contributed by atoms with Crippen molar-refractivity contribution in [3.8, 4) is 11.5 Å². The Morgan fingerprint density at radius 1 is 1.00 bits per heavy atom. The summed E-state index contributed by atoms with van der Waals surface area (Å²) in [4.78, 5) is 0. The maximum Gasteiger partial charge on any atom is 0.131 e. The summed E-state index contributed by atoms with van der Waals surface area (Å²) in [6.45, 7) is 5.19. The highest BCUT2D eigenvalue weighted by molar-refractivity contribution is 5.38. The smallest absolute Gasteiger partial charge is 0.131 e. The Bertz CT molecular complexity index is 517. The minimum absolute atomic E-state index is 0.547. The highest BCUT2D eigenvalue weighted by atomic mass is 16.5. The third-order valence-electron chi connectivity index (χ3n) is 3.11. The van der Waals surface area contributed by atoms with Crippen molar-refractivity contribution in [3.63, 3.8) is 0 Å². The van der Waals surface area contributed by atoms with Crippen molar-refractivity contribution in [1.29, 1.82) is 0 Å². The molecule has 2 aromatic rings. The van der Waals surface area contributed by atoms with Gasteiger partial charge in [0.1, 0.15) is 11.5 Å². The lowest BCUT2D eigenvalue weighted by atomic mass is 10.0. The second kappa shape index (κ2) is 6.39. The van der Waals surface area contributed by atoms with Gasteiger partial charge in [-0.3, -0.25) is 0 Å². The number of hydrogen-bond acceptors (Lipinski definition) is 2. The Balaban J connectivity index is 2.16. The van der Waals surface area contributed by atoms with Crippen molar-refractivity contribution >= 4 is 0 Å². The van der Waals surface area contributed by atoms with Crippen LogP contribution in [0.25, 0.3) is 0 Å². The molecule has 0 saturated carbocycles. The van der Waals surface area contributed by atoms with Crippen LogP contribution in [0.2, 0.25) is 0 Å². The molecule has 1 N–H and O–H groups in total. The van der Waals surface area contributed by atoms with Gasteiger partial charge in [0.05, 0.1) is 0 Å². The maximum atomic E-state index is 5.96. The lowest BCUT2D eigenvalue weighted by Gasteiger charge is -2.12. The van der Waals surface area contributed by atoms with E-state index >= 15 is 0 Å². The standard InChI is InChI=1S/C17H21NO/c1-13(2)14-8-10-16(11-9-14)19-17-7-5-4-6-15(17)12-18-3/h4-11,13,18H,12H2,1-3H3. The van der Waals surface area contributed by atoms with Gasteiger partial charge in [0, 0.05) is 12.1 Å². The third-order valence-corrected chi connectivity index (χ3v) is 3.11. The first-order valence-corrected chi connectivity index (χ1v) is 6.71. The van der Waals surface area contributed by atoms with Gasteiger partial charge in [0.15, 0.2) is 0 Å². The van der Waals surface area contributed by atoms with Crippen LogP contribution in [-0.2, 0) is 6.54 Å². The van der Waals surface area contributed by atoms with E-state index in [0.29, 0.717) is 5.92 Å². The van der Waals surface area contributed by atoms with Gasteiger partial charge in [-0.05, 0) is 36.7 Å². The van der Waals surface area contributed by atoms with E-state index in [4.69, 9.17) is 4.74 Å². The predicted octanol–water partition coefficient (Wildman–Crippen LogP) is 4.32. The molecule has 0 amide bonds. The molecule has 0 aliphatic rings. The number of para-hydroxylation sites is 1. The zero-order chi connectivity index (χ0) is 13.7. The molecule has 0 aliphatic heterocycles. The van der Waals surface area contributed by atoms with E-state index in [1.54, 1.807) is 0 Å². The minimum atomic E-state index is 0.547. The van der Waals surface area contributed by atoms with E-state index in [9.17, 15) is 0 Å². The Hall–Kier alpha value is -1.80. The second-order valence-corrected chi connectivity index (χ2v) is 4.96. The average molecular weight is 255 g/mol. The molecule has 19 heavy (non-hydrogen) atoms. The highest BCUT2D eigenvalue weighted by Gasteiger charge is 2.04. The van der Waals surface area contributed by atoms with Crippen LogP contribution < -0.4 is 10.1 Å². The highest BCUT2D eigenvalue weighted by Crippen LogP contribution is 2.26. The molecule has 2 rings (SSSR count). The largest absolute Gasteiger partial charge is 0.457 e. The topological polar surface area (TPSA) is 21.3 Å². The van der Waals surface area contributed by atoms with Gasteiger partial charge in [-0.2, -0.15) is 0 Å². The van der Waals surface area contributed by atoms with Crippen molar-refractivity contribution in [2.24, 2.45) is 0 Å². The fraction of sp³-hybridized carbons (Fsp3) is 0.294.